The Morgan fingerprint density at radius 3 is 3.05 bits per heavy atom. The Balaban J connectivity index is 1.80. The summed E-state index contributed by atoms with van der Waals surface area (Å²) in [5, 5.41) is 11.5. The lowest BCUT2D eigenvalue weighted by Crippen LogP contribution is -2.26. The fourth-order valence-corrected chi connectivity index (χ4v) is 2.47. The molecule has 1 aliphatic heterocycles. The fourth-order valence-electron chi connectivity index (χ4n) is 2.47. The van der Waals surface area contributed by atoms with Crippen molar-refractivity contribution in [3.63, 3.8) is 0 Å². The lowest BCUT2D eigenvalue weighted by atomic mass is 10.2. The van der Waals surface area contributed by atoms with E-state index in [9.17, 15) is 4.79 Å². The molecule has 19 heavy (non-hydrogen) atoms. The van der Waals surface area contributed by atoms with Gasteiger partial charge in [0.2, 0.25) is 5.91 Å². The van der Waals surface area contributed by atoms with Crippen molar-refractivity contribution in [1.82, 2.24) is 20.1 Å². The van der Waals surface area contributed by atoms with Gasteiger partial charge in [-0.25, -0.2) is 0 Å². The minimum absolute atomic E-state index is 0.150. The number of amides is 1. The normalized spacial score (nSPS) is 14.8. The maximum Gasteiger partial charge on any atom is 0.220 e. The first kappa shape index (κ1) is 14.0. The molecular formula is C14H24N4O. The van der Waals surface area contributed by atoms with E-state index in [4.69, 9.17) is 0 Å². The van der Waals surface area contributed by atoms with Gasteiger partial charge in [0, 0.05) is 32.4 Å². The number of hydrogen-bond acceptors (Lipinski definition) is 3. The van der Waals surface area contributed by atoms with Crippen LogP contribution in [-0.4, -0.2) is 27.2 Å². The van der Waals surface area contributed by atoms with Crippen LogP contribution in [0.1, 0.15) is 57.1 Å². The van der Waals surface area contributed by atoms with Gasteiger partial charge in [0.25, 0.3) is 0 Å². The molecule has 106 valence electrons. The number of nitrogens with zero attached hydrogens (tertiary/aromatic N) is 3. The third-order valence-corrected chi connectivity index (χ3v) is 3.61. The Morgan fingerprint density at radius 2 is 2.21 bits per heavy atom. The molecule has 0 saturated carbocycles. The second-order valence-corrected chi connectivity index (χ2v) is 5.20. The SMILES string of the molecule is CCCCC(=O)NCCc1nnc2n1CCCCC2. The van der Waals surface area contributed by atoms with Crippen LogP contribution in [-0.2, 0) is 24.2 Å². The number of carbonyl (C=O) groups is 1. The molecule has 0 radical (unpaired) electrons. The summed E-state index contributed by atoms with van der Waals surface area (Å²) >= 11 is 0. The Labute approximate surface area is 114 Å². The van der Waals surface area contributed by atoms with E-state index in [0.29, 0.717) is 13.0 Å². The summed E-state index contributed by atoms with van der Waals surface area (Å²) in [5.41, 5.74) is 0. The molecule has 0 saturated heterocycles. The standard InChI is InChI=1S/C14H24N4O/c1-2-3-8-14(19)15-10-9-13-17-16-12-7-5-4-6-11-18(12)13/h2-11H2,1H3,(H,15,19). The number of aryl methyl sites for hydroxylation is 1. The fraction of sp³-hybridized carbons (Fsp3) is 0.786. The van der Waals surface area contributed by atoms with E-state index >= 15 is 0 Å². The van der Waals surface area contributed by atoms with Gasteiger partial charge in [-0.1, -0.05) is 19.8 Å². The summed E-state index contributed by atoms with van der Waals surface area (Å²) in [4.78, 5) is 11.5. The van der Waals surface area contributed by atoms with Crippen LogP contribution in [0, 0.1) is 0 Å². The molecule has 0 aliphatic carbocycles. The molecule has 0 aromatic carbocycles. The third kappa shape index (κ3) is 4.04. The van der Waals surface area contributed by atoms with E-state index < -0.39 is 0 Å². The highest BCUT2D eigenvalue weighted by Gasteiger charge is 2.14. The van der Waals surface area contributed by atoms with Crippen LogP contribution in [0.15, 0.2) is 0 Å². The number of rotatable bonds is 6. The second-order valence-electron chi connectivity index (χ2n) is 5.20. The van der Waals surface area contributed by atoms with E-state index in [1.54, 1.807) is 0 Å². The molecule has 2 rings (SSSR count). The molecule has 0 spiro atoms. The summed E-state index contributed by atoms with van der Waals surface area (Å²) in [7, 11) is 0. The smallest absolute Gasteiger partial charge is 0.220 e. The van der Waals surface area contributed by atoms with E-state index in [-0.39, 0.29) is 5.91 Å². The largest absolute Gasteiger partial charge is 0.356 e. The van der Waals surface area contributed by atoms with Crippen molar-refractivity contribution in [3.8, 4) is 0 Å². The van der Waals surface area contributed by atoms with E-state index in [0.717, 1.165) is 43.9 Å². The molecule has 1 amide bonds. The molecule has 0 unspecified atom stereocenters. The van der Waals surface area contributed by atoms with E-state index in [2.05, 4.69) is 27.0 Å². The van der Waals surface area contributed by atoms with Gasteiger partial charge in [-0.15, -0.1) is 10.2 Å². The highest BCUT2D eigenvalue weighted by atomic mass is 16.1. The Hall–Kier alpha value is -1.39. The molecule has 0 bridgehead atoms. The molecule has 5 heteroatoms. The van der Waals surface area contributed by atoms with Crippen molar-refractivity contribution >= 4 is 5.91 Å². The number of fused-ring (bicyclic) bond motifs is 1. The van der Waals surface area contributed by atoms with E-state index in [1.807, 2.05) is 0 Å². The molecule has 2 heterocycles. The minimum atomic E-state index is 0.150. The number of aromatic nitrogens is 3. The maximum absolute atomic E-state index is 11.5. The summed E-state index contributed by atoms with van der Waals surface area (Å²) in [5.74, 6) is 2.29. The third-order valence-electron chi connectivity index (χ3n) is 3.61. The van der Waals surface area contributed by atoms with Gasteiger partial charge in [-0.05, 0) is 19.3 Å². The summed E-state index contributed by atoms with van der Waals surface area (Å²) in [6.07, 6.45) is 8.18. The first-order chi connectivity index (χ1) is 9.31. The first-order valence-electron chi connectivity index (χ1n) is 7.49. The van der Waals surface area contributed by atoms with Gasteiger partial charge in [-0.2, -0.15) is 0 Å². The van der Waals surface area contributed by atoms with Crippen molar-refractivity contribution in [1.29, 1.82) is 0 Å². The predicted molar refractivity (Wildman–Crippen MR) is 73.8 cm³/mol. The molecule has 5 nitrogen and oxygen atoms in total. The van der Waals surface area contributed by atoms with Gasteiger partial charge in [-0.3, -0.25) is 4.79 Å². The summed E-state index contributed by atoms with van der Waals surface area (Å²) in [6, 6.07) is 0. The number of carbonyl (C=O) groups excluding carboxylic acids is 1. The average Bonchev–Trinajstić information content (AvgIpc) is 2.65. The quantitative estimate of drug-likeness (QED) is 0.853. The number of nitrogens with one attached hydrogen (secondary N) is 1. The summed E-state index contributed by atoms with van der Waals surface area (Å²) < 4.78 is 2.24. The van der Waals surface area contributed by atoms with Crippen LogP contribution in [0.25, 0.3) is 0 Å². The van der Waals surface area contributed by atoms with E-state index in [1.165, 1.54) is 19.3 Å². The average molecular weight is 264 g/mol. The number of hydrogen-bond donors (Lipinski definition) is 1. The Kier molecular flexibility index (Phi) is 5.36. The molecule has 0 fully saturated rings. The first-order valence-corrected chi connectivity index (χ1v) is 7.49. The molecular weight excluding hydrogens is 240 g/mol. The van der Waals surface area contributed by atoms with Crippen molar-refractivity contribution in [2.24, 2.45) is 0 Å². The van der Waals surface area contributed by atoms with Gasteiger partial charge in [0.1, 0.15) is 11.6 Å². The van der Waals surface area contributed by atoms with Crippen LogP contribution in [0.5, 0.6) is 0 Å². The van der Waals surface area contributed by atoms with Gasteiger partial charge >= 0.3 is 0 Å². The molecule has 1 aromatic rings. The van der Waals surface area contributed by atoms with Crippen LogP contribution in [0.3, 0.4) is 0 Å². The Morgan fingerprint density at radius 1 is 1.32 bits per heavy atom. The molecule has 1 aromatic heterocycles. The zero-order valence-electron chi connectivity index (χ0n) is 11.8. The minimum Gasteiger partial charge on any atom is -0.356 e. The van der Waals surface area contributed by atoms with Crippen LogP contribution in [0.4, 0.5) is 0 Å². The number of unbranched alkanes of at least 4 members (excludes halogenated alkanes) is 1. The predicted octanol–water partition coefficient (Wildman–Crippen LogP) is 1.85. The van der Waals surface area contributed by atoms with Gasteiger partial charge < -0.3 is 9.88 Å². The second kappa shape index (κ2) is 7.26. The molecule has 1 N–H and O–H groups in total. The van der Waals surface area contributed by atoms with Gasteiger partial charge in [0.05, 0.1) is 0 Å². The molecule has 0 atom stereocenters. The van der Waals surface area contributed by atoms with Crippen molar-refractivity contribution in [2.45, 2.75) is 64.8 Å². The van der Waals surface area contributed by atoms with Crippen LogP contribution in [0.2, 0.25) is 0 Å². The van der Waals surface area contributed by atoms with Crippen LogP contribution >= 0.6 is 0 Å². The lowest BCUT2D eigenvalue weighted by molar-refractivity contribution is -0.121. The van der Waals surface area contributed by atoms with Crippen LogP contribution < -0.4 is 5.32 Å². The van der Waals surface area contributed by atoms with Crippen molar-refractivity contribution < 1.29 is 4.79 Å². The maximum atomic E-state index is 11.5. The lowest BCUT2D eigenvalue weighted by Gasteiger charge is -2.07. The topological polar surface area (TPSA) is 59.8 Å². The monoisotopic (exact) mass is 264 g/mol. The highest BCUT2D eigenvalue weighted by molar-refractivity contribution is 5.75. The summed E-state index contributed by atoms with van der Waals surface area (Å²) in [6.45, 7) is 3.79. The zero-order chi connectivity index (χ0) is 13.5. The Bertz CT molecular complexity index is 414. The van der Waals surface area contributed by atoms with Crippen molar-refractivity contribution in [2.75, 3.05) is 6.54 Å². The van der Waals surface area contributed by atoms with Gasteiger partial charge in [0.15, 0.2) is 0 Å². The molecule has 1 aliphatic rings. The zero-order valence-corrected chi connectivity index (χ0v) is 11.8. The highest BCUT2D eigenvalue weighted by Crippen LogP contribution is 2.14. The van der Waals surface area contributed by atoms with Crippen molar-refractivity contribution in [3.05, 3.63) is 11.6 Å².